The van der Waals surface area contributed by atoms with Gasteiger partial charge in [-0.1, -0.05) is 13.0 Å². The van der Waals surface area contributed by atoms with E-state index in [2.05, 4.69) is 5.32 Å². The maximum absolute atomic E-state index is 11.9. The van der Waals surface area contributed by atoms with Crippen molar-refractivity contribution in [3.8, 4) is 5.75 Å². The molecule has 0 aliphatic heterocycles. The molecular weight excluding hydrogens is 220 g/mol. The minimum absolute atomic E-state index is 0.0756. The average Bonchev–Trinajstić information content (AvgIpc) is 2.31. The Morgan fingerprint density at radius 2 is 2.29 bits per heavy atom. The van der Waals surface area contributed by atoms with Gasteiger partial charge < -0.3 is 20.9 Å². The van der Waals surface area contributed by atoms with Crippen LogP contribution >= 0.6 is 0 Å². The quantitative estimate of drug-likeness (QED) is 0.530. The van der Waals surface area contributed by atoms with E-state index >= 15 is 0 Å². The number of hydrogen-bond acceptors (Lipinski definition) is 4. The highest BCUT2D eigenvalue weighted by Gasteiger charge is 2.16. The molecule has 1 atom stereocenters. The molecule has 1 amide bonds. The van der Waals surface area contributed by atoms with Crippen LogP contribution in [0.3, 0.4) is 0 Å². The van der Waals surface area contributed by atoms with Gasteiger partial charge in [-0.2, -0.15) is 0 Å². The molecule has 1 rings (SSSR count). The molecule has 1 aromatic rings. The zero-order valence-corrected chi connectivity index (χ0v) is 10.1. The fraction of sp³-hybridized carbons (Fsp3) is 0.417. The van der Waals surface area contributed by atoms with E-state index in [1.807, 2.05) is 6.92 Å². The molecule has 5 heteroatoms. The third kappa shape index (κ3) is 3.35. The summed E-state index contributed by atoms with van der Waals surface area (Å²) < 4.78 is 4.98. The number of benzene rings is 1. The number of amides is 1. The van der Waals surface area contributed by atoms with Crippen molar-refractivity contribution in [1.82, 2.24) is 5.32 Å². The molecule has 5 nitrogen and oxygen atoms in total. The Bertz CT molecular complexity index is 393. The summed E-state index contributed by atoms with van der Waals surface area (Å²) in [6.45, 7) is 2.38. The molecule has 0 spiro atoms. The fourth-order valence-electron chi connectivity index (χ4n) is 1.47. The molecule has 0 bridgehead atoms. The topological polar surface area (TPSA) is 84.6 Å². The first kappa shape index (κ1) is 13.3. The van der Waals surface area contributed by atoms with Gasteiger partial charge in [0.2, 0.25) is 0 Å². The normalized spacial score (nSPS) is 12.1. The van der Waals surface area contributed by atoms with Crippen LogP contribution in [0.25, 0.3) is 0 Å². The predicted molar refractivity (Wildman–Crippen MR) is 65.9 cm³/mol. The van der Waals surface area contributed by atoms with E-state index in [0.29, 0.717) is 6.61 Å². The molecule has 0 saturated carbocycles. The number of nitrogens with one attached hydrogen (secondary N) is 1. The summed E-state index contributed by atoms with van der Waals surface area (Å²) in [5.74, 6) is -0.532. The number of anilines is 1. The lowest BCUT2D eigenvalue weighted by molar-refractivity contribution is 0.0892. The summed E-state index contributed by atoms with van der Waals surface area (Å²) in [7, 11) is 1.58. The van der Waals surface area contributed by atoms with Gasteiger partial charge in [-0.15, -0.1) is 0 Å². The highest BCUT2D eigenvalue weighted by atomic mass is 16.5. The van der Waals surface area contributed by atoms with Crippen LogP contribution in [-0.4, -0.2) is 30.8 Å². The van der Waals surface area contributed by atoms with Crippen molar-refractivity contribution in [2.75, 3.05) is 19.5 Å². The second kappa shape index (κ2) is 6.10. The van der Waals surface area contributed by atoms with Crippen molar-refractivity contribution in [3.05, 3.63) is 23.8 Å². The second-order valence-electron chi connectivity index (χ2n) is 3.78. The number of hydrogen-bond donors (Lipinski definition) is 3. The lowest BCUT2D eigenvalue weighted by atomic mass is 10.1. The van der Waals surface area contributed by atoms with Gasteiger partial charge >= 0.3 is 0 Å². The lowest BCUT2D eigenvalue weighted by Crippen LogP contribution is -2.37. The molecule has 17 heavy (non-hydrogen) atoms. The molecule has 1 unspecified atom stereocenters. The van der Waals surface area contributed by atoms with Crippen LogP contribution in [0.5, 0.6) is 5.75 Å². The minimum atomic E-state index is -0.348. The Morgan fingerprint density at radius 3 is 2.88 bits per heavy atom. The number of para-hydroxylation sites is 1. The highest BCUT2D eigenvalue weighted by Crippen LogP contribution is 2.24. The van der Waals surface area contributed by atoms with Gasteiger partial charge in [-0.05, 0) is 18.6 Å². The standard InChI is InChI=1S/C12H18N2O3/c1-3-8(7-17-2)14-12(16)9-5-4-6-10(13)11(9)15/h4-6,8,15H,3,7,13H2,1-2H3,(H,14,16). The van der Waals surface area contributed by atoms with Crippen molar-refractivity contribution >= 4 is 11.6 Å². The Balaban J connectivity index is 2.79. The number of ether oxygens (including phenoxy) is 1. The number of carbonyl (C=O) groups excluding carboxylic acids is 1. The van der Waals surface area contributed by atoms with Crippen molar-refractivity contribution < 1.29 is 14.6 Å². The monoisotopic (exact) mass is 238 g/mol. The number of methoxy groups -OCH3 is 1. The number of nitrogens with two attached hydrogens (primary N) is 1. The van der Waals surface area contributed by atoms with Gasteiger partial charge in [-0.25, -0.2) is 0 Å². The zero-order chi connectivity index (χ0) is 12.8. The summed E-state index contributed by atoms with van der Waals surface area (Å²) in [5.41, 5.74) is 5.90. The van der Waals surface area contributed by atoms with Crippen molar-refractivity contribution in [2.45, 2.75) is 19.4 Å². The maximum atomic E-state index is 11.9. The van der Waals surface area contributed by atoms with E-state index < -0.39 is 0 Å². The summed E-state index contributed by atoms with van der Waals surface area (Å²) >= 11 is 0. The van der Waals surface area contributed by atoms with Crippen molar-refractivity contribution in [3.63, 3.8) is 0 Å². The Kier molecular flexibility index (Phi) is 4.78. The van der Waals surface area contributed by atoms with Crippen LogP contribution in [0.15, 0.2) is 18.2 Å². The number of aromatic hydroxyl groups is 1. The van der Waals surface area contributed by atoms with Crippen LogP contribution in [0.1, 0.15) is 23.7 Å². The number of nitrogen functional groups attached to an aromatic ring is 1. The molecule has 0 aromatic heterocycles. The number of carbonyl (C=O) groups is 1. The number of rotatable bonds is 5. The van der Waals surface area contributed by atoms with Crippen molar-refractivity contribution in [1.29, 1.82) is 0 Å². The third-order valence-corrected chi connectivity index (χ3v) is 2.51. The fourth-order valence-corrected chi connectivity index (χ4v) is 1.47. The summed E-state index contributed by atoms with van der Waals surface area (Å²) in [6, 6.07) is 4.62. The Morgan fingerprint density at radius 1 is 1.59 bits per heavy atom. The summed E-state index contributed by atoms with van der Waals surface area (Å²) in [5, 5.41) is 12.4. The van der Waals surface area contributed by atoms with Crippen LogP contribution in [-0.2, 0) is 4.74 Å². The van der Waals surface area contributed by atoms with Crippen LogP contribution in [0.4, 0.5) is 5.69 Å². The average molecular weight is 238 g/mol. The molecular formula is C12H18N2O3. The first-order valence-electron chi connectivity index (χ1n) is 5.47. The number of phenols is 1. The van der Waals surface area contributed by atoms with Gasteiger partial charge in [0.25, 0.3) is 5.91 Å². The first-order chi connectivity index (χ1) is 8.10. The molecule has 0 aliphatic carbocycles. The SMILES string of the molecule is CCC(COC)NC(=O)c1cccc(N)c1O. The smallest absolute Gasteiger partial charge is 0.255 e. The van der Waals surface area contributed by atoms with Crippen LogP contribution < -0.4 is 11.1 Å². The second-order valence-corrected chi connectivity index (χ2v) is 3.78. The molecule has 4 N–H and O–H groups in total. The molecule has 0 aliphatic rings. The predicted octanol–water partition coefficient (Wildman–Crippen LogP) is 1.13. The van der Waals surface area contributed by atoms with E-state index in [1.165, 1.54) is 6.07 Å². The number of phenolic OH excluding ortho intramolecular Hbond substituents is 1. The van der Waals surface area contributed by atoms with Gasteiger partial charge in [-0.3, -0.25) is 4.79 Å². The summed E-state index contributed by atoms with van der Waals surface area (Å²) in [6.07, 6.45) is 0.753. The minimum Gasteiger partial charge on any atom is -0.505 e. The Labute approximate surface area is 101 Å². The van der Waals surface area contributed by atoms with E-state index in [4.69, 9.17) is 10.5 Å². The molecule has 0 radical (unpaired) electrons. The van der Waals surface area contributed by atoms with Crippen molar-refractivity contribution in [2.24, 2.45) is 0 Å². The Hall–Kier alpha value is -1.75. The lowest BCUT2D eigenvalue weighted by Gasteiger charge is -2.16. The van der Waals surface area contributed by atoms with Crippen LogP contribution in [0, 0.1) is 0 Å². The van der Waals surface area contributed by atoms with E-state index in [-0.39, 0.29) is 28.9 Å². The van der Waals surface area contributed by atoms with E-state index in [1.54, 1.807) is 19.2 Å². The van der Waals surface area contributed by atoms with Gasteiger partial charge in [0.1, 0.15) is 0 Å². The molecule has 0 saturated heterocycles. The molecule has 94 valence electrons. The van der Waals surface area contributed by atoms with Crippen LogP contribution in [0.2, 0.25) is 0 Å². The molecule has 0 fully saturated rings. The van der Waals surface area contributed by atoms with E-state index in [9.17, 15) is 9.90 Å². The molecule has 1 aromatic carbocycles. The maximum Gasteiger partial charge on any atom is 0.255 e. The largest absolute Gasteiger partial charge is 0.505 e. The van der Waals surface area contributed by atoms with Gasteiger partial charge in [0.15, 0.2) is 5.75 Å². The summed E-state index contributed by atoms with van der Waals surface area (Å²) in [4.78, 5) is 11.9. The van der Waals surface area contributed by atoms with Gasteiger partial charge in [0.05, 0.1) is 23.9 Å². The van der Waals surface area contributed by atoms with Gasteiger partial charge in [0, 0.05) is 7.11 Å². The van der Waals surface area contributed by atoms with E-state index in [0.717, 1.165) is 6.42 Å². The highest BCUT2D eigenvalue weighted by molar-refractivity contribution is 5.98. The third-order valence-electron chi connectivity index (χ3n) is 2.51. The molecule has 0 heterocycles. The zero-order valence-electron chi connectivity index (χ0n) is 10.1. The first-order valence-corrected chi connectivity index (χ1v) is 5.47.